The highest BCUT2D eigenvalue weighted by Gasteiger charge is 2.25. The van der Waals surface area contributed by atoms with Gasteiger partial charge in [-0.1, -0.05) is 23.9 Å². The summed E-state index contributed by atoms with van der Waals surface area (Å²) in [5.41, 5.74) is 0.985. The normalized spacial score (nSPS) is 19.1. The summed E-state index contributed by atoms with van der Waals surface area (Å²) < 4.78 is 13.2. The van der Waals surface area contributed by atoms with Gasteiger partial charge in [-0.3, -0.25) is 4.79 Å². The lowest BCUT2D eigenvalue weighted by molar-refractivity contribution is -0.119. The van der Waals surface area contributed by atoms with E-state index in [4.69, 9.17) is 9.47 Å². The fourth-order valence-electron chi connectivity index (χ4n) is 3.33. The molecule has 152 valence electrons. The molecule has 0 saturated heterocycles. The van der Waals surface area contributed by atoms with Crippen LogP contribution in [0, 0.1) is 0 Å². The number of para-hydroxylation sites is 1. The van der Waals surface area contributed by atoms with Gasteiger partial charge in [-0.15, -0.1) is 11.3 Å². The number of nitrogens with one attached hydrogen (secondary N) is 1. The Morgan fingerprint density at radius 1 is 1.17 bits per heavy atom. The van der Waals surface area contributed by atoms with Gasteiger partial charge >= 0.3 is 0 Å². The molecular weight excluding hydrogens is 408 g/mol. The average molecular weight is 431 g/mol. The number of hydrogen-bond donors (Lipinski definition) is 1. The average Bonchev–Trinajstić information content (AvgIpc) is 3.17. The van der Waals surface area contributed by atoms with Gasteiger partial charge in [-0.2, -0.15) is 0 Å². The Labute approximate surface area is 177 Å². The summed E-state index contributed by atoms with van der Waals surface area (Å²) >= 11 is 3.11. The van der Waals surface area contributed by atoms with Crippen LogP contribution in [-0.2, 0) is 4.79 Å². The van der Waals surface area contributed by atoms with Gasteiger partial charge in [0.25, 0.3) is 11.8 Å². The highest BCUT2D eigenvalue weighted by molar-refractivity contribution is 8.01. The smallest absolute Gasteiger partial charge is 0.278 e. The Morgan fingerprint density at radius 2 is 1.93 bits per heavy atom. The number of benzene rings is 1. The maximum absolute atomic E-state index is 12.3. The van der Waals surface area contributed by atoms with E-state index in [1.54, 1.807) is 30.8 Å². The van der Waals surface area contributed by atoms with Crippen LogP contribution in [-0.4, -0.2) is 45.9 Å². The molecule has 7 nitrogen and oxygen atoms in total. The molecule has 1 fully saturated rings. The molecule has 1 N–H and O–H groups in total. The standard InChI is InChI=1S/C20H22N4O3S2/c1-26-18-19(22-11-10-21-18)27-14-8-6-13(7-9-14)23-17(25)12-28-20-24-15-4-2-3-5-16(15)29-20/h2-5,10-11,13-14H,6-9,12H2,1H3,(H,23,25). The molecule has 4 rings (SSSR count). The van der Waals surface area contributed by atoms with E-state index in [1.807, 2.05) is 24.3 Å². The summed E-state index contributed by atoms with van der Waals surface area (Å²) in [6, 6.07) is 8.20. The van der Waals surface area contributed by atoms with Gasteiger partial charge in [0, 0.05) is 18.4 Å². The van der Waals surface area contributed by atoms with Crippen molar-refractivity contribution in [3.63, 3.8) is 0 Å². The van der Waals surface area contributed by atoms with Crippen molar-refractivity contribution in [3.8, 4) is 11.8 Å². The molecule has 1 saturated carbocycles. The minimum Gasteiger partial charge on any atom is -0.477 e. The largest absolute Gasteiger partial charge is 0.477 e. The Balaban J connectivity index is 1.21. The summed E-state index contributed by atoms with van der Waals surface area (Å²) in [4.78, 5) is 25.2. The number of ether oxygens (including phenoxy) is 2. The zero-order chi connectivity index (χ0) is 20.1. The molecule has 1 amide bonds. The predicted octanol–water partition coefficient (Wildman–Crippen LogP) is 3.69. The quantitative estimate of drug-likeness (QED) is 0.572. The van der Waals surface area contributed by atoms with Crippen molar-refractivity contribution in [3.05, 3.63) is 36.7 Å². The van der Waals surface area contributed by atoms with Crippen molar-refractivity contribution in [2.45, 2.75) is 42.2 Å². The van der Waals surface area contributed by atoms with Crippen molar-refractivity contribution in [2.75, 3.05) is 12.9 Å². The third-order valence-electron chi connectivity index (χ3n) is 4.75. The van der Waals surface area contributed by atoms with Crippen molar-refractivity contribution in [1.29, 1.82) is 0 Å². The molecule has 2 heterocycles. The molecule has 3 aromatic rings. The SMILES string of the molecule is COc1nccnc1OC1CCC(NC(=O)CSc2nc3ccccc3s2)CC1. The first-order valence-corrected chi connectivity index (χ1v) is 11.3. The molecule has 0 aliphatic heterocycles. The third kappa shape index (κ3) is 5.16. The molecule has 1 aliphatic carbocycles. The number of thiazole rings is 1. The Bertz CT molecular complexity index is 940. The van der Waals surface area contributed by atoms with E-state index < -0.39 is 0 Å². The van der Waals surface area contributed by atoms with Crippen LogP contribution >= 0.6 is 23.1 Å². The van der Waals surface area contributed by atoms with Gasteiger partial charge < -0.3 is 14.8 Å². The summed E-state index contributed by atoms with van der Waals surface area (Å²) in [6.45, 7) is 0. The first kappa shape index (κ1) is 19.9. The van der Waals surface area contributed by atoms with E-state index in [0.29, 0.717) is 17.5 Å². The van der Waals surface area contributed by atoms with Gasteiger partial charge in [0.15, 0.2) is 4.34 Å². The number of hydrogen-bond acceptors (Lipinski definition) is 8. The Kier molecular flexibility index (Phi) is 6.46. The highest BCUT2D eigenvalue weighted by atomic mass is 32.2. The van der Waals surface area contributed by atoms with Gasteiger partial charge in [0.05, 0.1) is 23.1 Å². The van der Waals surface area contributed by atoms with Gasteiger partial charge in [-0.25, -0.2) is 15.0 Å². The molecule has 0 radical (unpaired) electrons. The fourth-order valence-corrected chi connectivity index (χ4v) is 5.21. The van der Waals surface area contributed by atoms with Crippen molar-refractivity contribution >= 4 is 39.2 Å². The van der Waals surface area contributed by atoms with E-state index in [2.05, 4.69) is 20.3 Å². The van der Waals surface area contributed by atoms with Crippen LogP contribution in [0.5, 0.6) is 11.8 Å². The zero-order valence-corrected chi connectivity index (χ0v) is 17.7. The second-order valence-corrected chi connectivity index (χ2v) is 9.02. The number of methoxy groups -OCH3 is 1. The second kappa shape index (κ2) is 9.41. The van der Waals surface area contributed by atoms with Crippen LogP contribution in [0.15, 0.2) is 41.0 Å². The number of thioether (sulfide) groups is 1. The number of fused-ring (bicyclic) bond motifs is 1. The Hall–Kier alpha value is -2.39. The molecule has 0 unspecified atom stereocenters. The number of carbonyl (C=O) groups is 1. The zero-order valence-electron chi connectivity index (χ0n) is 16.0. The first-order chi connectivity index (χ1) is 14.2. The topological polar surface area (TPSA) is 86.2 Å². The van der Waals surface area contributed by atoms with E-state index >= 15 is 0 Å². The molecule has 1 aliphatic rings. The molecular formula is C20H22N4O3S2. The minimum absolute atomic E-state index is 0.0502. The van der Waals surface area contributed by atoms with E-state index in [-0.39, 0.29) is 18.1 Å². The van der Waals surface area contributed by atoms with Gasteiger partial charge in [0.2, 0.25) is 5.91 Å². The van der Waals surface area contributed by atoms with Crippen molar-refractivity contribution < 1.29 is 14.3 Å². The van der Waals surface area contributed by atoms with E-state index in [1.165, 1.54) is 11.8 Å². The molecule has 29 heavy (non-hydrogen) atoms. The minimum atomic E-state index is 0.0502. The number of nitrogens with zero attached hydrogens (tertiary/aromatic N) is 3. The number of carbonyl (C=O) groups excluding carboxylic acids is 1. The summed E-state index contributed by atoms with van der Waals surface area (Å²) in [6.07, 6.45) is 6.70. The maximum atomic E-state index is 12.3. The predicted molar refractivity (Wildman–Crippen MR) is 114 cm³/mol. The number of amides is 1. The summed E-state index contributed by atoms with van der Waals surface area (Å²) in [5.74, 6) is 1.26. The van der Waals surface area contributed by atoms with Crippen LogP contribution < -0.4 is 14.8 Å². The fraction of sp³-hybridized carbons (Fsp3) is 0.400. The molecule has 0 spiro atoms. The molecule has 1 aromatic carbocycles. The molecule has 9 heteroatoms. The van der Waals surface area contributed by atoms with Crippen LogP contribution in [0.2, 0.25) is 0 Å². The van der Waals surface area contributed by atoms with Gasteiger partial charge in [-0.05, 0) is 37.8 Å². The third-order valence-corrected chi connectivity index (χ3v) is 6.92. The van der Waals surface area contributed by atoms with Crippen LogP contribution in [0.3, 0.4) is 0 Å². The van der Waals surface area contributed by atoms with E-state index in [0.717, 1.165) is 40.2 Å². The Morgan fingerprint density at radius 3 is 2.69 bits per heavy atom. The first-order valence-electron chi connectivity index (χ1n) is 9.50. The van der Waals surface area contributed by atoms with E-state index in [9.17, 15) is 4.79 Å². The molecule has 0 atom stereocenters. The lowest BCUT2D eigenvalue weighted by Gasteiger charge is -2.29. The van der Waals surface area contributed by atoms with Gasteiger partial charge in [0.1, 0.15) is 6.10 Å². The monoisotopic (exact) mass is 430 g/mol. The number of rotatable bonds is 7. The van der Waals surface area contributed by atoms with Crippen LogP contribution in [0.25, 0.3) is 10.2 Å². The lowest BCUT2D eigenvalue weighted by atomic mass is 9.93. The second-order valence-electron chi connectivity index (χ2n) is 6.77. The lowest BCUT2D eigenvalue weighted by Crippen LogP contribution is -2.40. The molecule has 0 bridgehead atoms. The van der Waals surface area contributed by atoms with Crippen LogP contribution in [0.4, 0.5) is 0 Å². The van der Waals surface area contributed by atoms with Crippen molar-refractivity contribution in [2.24, 2.45) is 0 Å². The summed E-state index contributed by atoms with van der Waals surface area (Å²) in [7, 11) is 1.55. The molecule has 2 aromatic heterocycles. The number of aromatic nitrogens is 3. The highest BCUT2D eigenvalue weighted by Crippen LogP contribution is 2.30. The van der Waals surface area contributed by atoms with Crippen LogP contribution in [0.1, 0.15) is 25.7 Å². The maximum Gasteiger partial charge on any atom is 0.278 e. The van der Waals surface area contributed by atoms with Crippen molar-refractivity contribution in [1.82, 2.24) is 20.3 Å². The summed E-state index contributed by atoms with van der Waals surface area (Å²) in [5, 5.41) is 3.14.